The van der Waals surface area contributed by atoms with Crippen molar-refractivity contribution in [1.29, 1.82) is 0 Å². The minimum atomic E-state index is -0.896. The number of fused-ring (bicyclic) bond motifs is 6. The van der Waals surface area contributed by atoms with Gasteiger partial charge in [0.15, 0.2) is 17.8 Å². The maximum absolute atomic E-state index is 10.2. The van der Waals surface area contributed by atoms with Gasteiger partial charge in [0, 0.05) is 6.42 Å². The predicted molar refractivity (Wildman–Crippen MR) is 59.8 cm³/mol. The second-order valence-corrected chi connectivity index (χ2v) is 4.73. The van der Waals surface area contributed by atoms with Crippen LogP contribution in [0.15, 0.2) is 6.33 Å². The smallest absolute Gasteiger partial charge is 0.163 e. The largest absolute Gasteiger partial charge is 0.390 e. The van der Waals surface area contributed by atoms with Crippen LogP contribution < -0.4 is 16.0 Å². The summed E-state index contributed by atoms with van der Waals surface area (Å²) in [6, 6.07) is 0. The highest BCUT2D eigenvalue weighted by atomic mass is 16.6. The van der Waals surface area contributed by atoms with Crippen molar-refractivity contribution in [3.05, 3.63) is 6.33 Å². The molecule has 3 aliphatic heterocycles. The van der Waals surface area contributed by atoms with Crippen LogP contribution in [0.4, 0.5) is 17.3 Å². The van der Waals surface area contributed by atoms with Crippen molar-refractivity contribution in [3.63, 3.8) is 0 Å². The van der Waals surface area contributed by atoms with Crippen LogP contribution in [0.1, 0.15) is 6.42 Å². The maximum Gasteiger partial charge on any atom is 0.163 e. The third kappa shape index (κ3) is 1.10. The van der Waals surface area contributed by atoms with Crippen molar-refractivity contribution < 1.29 is 14.9 Å². The molecule has 2 bridgehead atoms. The van der Waals surface area contributed by atoms with Gasteiger partial charge in [-0.15, -0.1) is 0 Å². The number of aliphatic hydroxyl groups excluding tert-OH is 2. The van der Waals surface area contributed by atoms with Crippen LogP contribution in [0.25, 0.3) is 0 Å². The molecule has 18 heavy (non-hydrogen) atoms. The summed E-state index contributed by atoms with van der Waals surface area (Å²) in [6.45, 7) is 0. The normalized spacial score (nSPS) is 40.3. The van der Waals surface area contributed by atoms with Gasteiger partial charge in [0.1, 0.15) is 30.5 Å². The van der Waals surface area contributed by atoms with Crippen LogP contribution >= 0.6 is 0 Å². The van der Waals surface area contributed by atoms with Crippen molar-refractivity contribution in [2.45, 2.75) is 37.1 Å². The molecular formula is C10H12N5O3. The van der Waals surface area contributed by atoms with Crippen LogP contribution in [-0.4, -0.2) is 50.9 Å². The lowest BCUT2D eigenvalue weighted by atomic mass is 10.1. The minimum absolute atomic E-state index is 0.290. The second-order valence-electron chi connectivity index (χ2n) is 4.73. The van der Waals surface area contributed by atoms with Crippen molar-refractivity contribution >= 4 is 17.3 Å². The van der Waals surface area contributed by atoms with Gasteiger partial charge in [-0.3, -0.25) is 0 Å². The Morgan fingerprint density at radius 3 is 3.06 bits per heavy atom. The van der Waals surface area contributed by atoms with Gasteiger partial charge < -0.3 is 25.6 Å². The Kier molecular flexibility index (Phi) is 1.84. The zero-order valence-electron chi connectivity index (χ0n) is 9.34. The third-order valence-corrected chi connectivity index (χ3v) is 3.71. The number of nitrogens with zero attached hydrogens (tertiary/aromatic N) is 4. The van der Waals surface area contributed by atoms with E-state index in [0.717, 1.165) is 0 Å². The SMILES string of the molecule is Nc1ncnc2c1[N][C@H]1[C@@H](O)[C@H]3O[C@H](C[C@@H]3O)N21. The van der Waals surface area contributed by atoms with E-state index >= 15 is 0 Å². The van der Waals surface area contributed by atoms with Gasteiger partial charge in [0.2, 0.25) is 0 Å². The molecule has 4 rings (SSSR count). The maximum atomic E-state index is 10.2. The minimum Gasteiger partial charge on any atom is -0.390 e. The lowest BCUT2D eigenvalue weighted by molar-refractivity contribution is -0.107. The average molecular weight is 250 g/mol. The summed E-state index contributed by atoms with van der Waals surface area (Å²) in [5, 5.41) is 24.4. The number of hydrogen-bond acceptors (Lipinski definition) is 7. The number of nitrogens with two attached hydrogens (primary N) is 1. The van der Waals surface area contributed by atoms with E-state index in [0.29, 0.717) is 17.9 Å². The second kappa shape index (κ2) is 3.22. The Morgan fingerprint density at radius 1 is 1.39 bits per heavy atom. The molecule has 2 saturated heterocycles. The zero-order chi connectivity index (χ0) is 12.4. The lowest BCUT2D eigenvalue weighted by Gasteiger charge is -2.38. The molecule has 0 aromatic carbocycles. The number of nitrogen functional groups attached to an aromatic ring is 1. The Labute approximate surface area is 102 Å². The average Bonchev–Trinajstić information content (AvgIpc) is 2.88. The van der Waals surface area contributed by atoms with Crippen molar-refractivity contribution in [2.75, 3.05) is 10.6 Å². The van der Waals surface area contributed by atoms with E-state index in [1.165, 1.54) is 6.33 Å². The number of anilines is 2. The molecule has 4 heterocycles. The summed E-state index contributed by atoms with van der Waals surface area (Å²) in [7, 11) is 0. The first-order valence-electron chi connectivity index (χ1n) is 5.78. The molecule has 2 fully saturated rings. The van der Waals surface area contributed by atoms with E-state index in [1.54, 1.807) is 4.90 Å². The van der Waals surface area contributed by atoms with Crippen LogP contribution in [0.5, 0.6) is 0 Å². The highest BCUT2D eigenvalue weighted by molar-refractivity contribution is 5.76. The molecule has 4 N–H and O–H groups in total. The lowest BCUT2D eigenvalue weighted by Crippen LogP contribution is -2.58. The van der Waals surface area contributed by atoms with Gasteiger partial charge >= 0.3 is 0 Å². The Balaban J connectivity index is 1.82. The van der Waals surface area contributed by atoms with Crippen LogP contribution in [0, 0.1) is 0 Å². The molecule has 0 unspecified atom stereocenters. The standard InChI is InChI=1S/C10H12N5O3/c11-8-5-9(13-2-12-8)15-4-1-3(16)7(18-4)6(17)10(15)14-5/h2-4,6-7,10,16-17H,1H2,(H2,11,12,13)/t3-,4+,6-,7-,10+/m0/s1. The highest BCUT2D eigenvalue weighted by Crippen LogP contribution is 2.45. The van der Waals surface area contributed by atoms with Gasteiger partial charge in [0.25, 0.3) is 0 Å². The van der Waals surface area contributed by atoms with Gasteiger partial charge in [-0.25, -0.2) is 15.3 Å². The first-order chi connectivity index (χ1) is 8.66. The van der Waals surface area contributed by atoms with Gasteiger partial charge in [-0.1, -0.05) is 0 Å². The Hall–Kier alpha value is -1.64. The molecule has 8 nitrogen and oxygen atoms in total. The molecule has 5 atom stereocenters. The highest BCUT2D eigenvalue weighted by Gasteiger charge is 2.56. The first kappa shape index (κ1) is 10.3. The van der Waals surface area contributed by atoms with E-state index in [4.69, 9.17) is 10.5 Å². The fraction of sp³-hybridized carbons (Fsp3) is 0.600. The zero-order valence-corrected chi connectivity index (χ0v) is 9.34. The van der Waals surface area contributed by atoms with Crippen LogP contribution in [-0.2, 0) is 4.74 Å². The third-order valence-electron chi connectivity index (χ3n) is 3.71. The Morgan fingerprint density at radius 2 is 2.22 bits per heavy atom. The number of aromatic nitrogens is 2. The molecule has 1 radical (unpaired) electrons. The molecule has 95 valence electrons. The molecule has 0 saturated carbocycles. The van der Waals surface area contributed by atoms with Crippen LogP contribution in [0.3, 0.4) is 0 Å². The number of hydrogen-bond donors (Lipinski definition) is 3. The summed E-state index contributed by atoms with van der Waals surface area (Å²) in [4.78, 5) is 9.80. The number of rotatable bonds is 0. The van der Waals surface area contributed by atoms with Crippen molar-refractivity contribution in [3.8, 4) is 0 Å². The molecule has 0 aliphatic carbocycles. The quantitative estimate of drug-likeness (QED) is 0.501. The summed E-state index contributed by atoms with van der Waals surface area (Å²) in [5.74, 6) is 0.849. The van der Waals surface area contributed by atoms with Crippen molar-refractivity contribution in [2.24, 2.45) is 0 Å². The topological polar surface area (TPSA) is 119 Å². The summed E-state index contributed by atoms with van der Waals surface area (Å²) >= 11 is 0. The van der Waals surface area contributed by atoms with Crippen LogP contribution in [0.2, 0.25) is 0 Å². The monoisotopic (exact) mass is 250 g/mol. The van der Waals surface area contributed by atoms with E-state index < -0.39 is 24.5 Å². The molecule has 0 spiro atoms. The predicted octanol–water partition coefficient (Wildman–Crippen LogP) is -1.71. The van der Waals surface area contributed by atoms with Gasteiger partial charge in [0.05, 0.1) is 6.10 Å². The summed E-state index contributed by atoms with van der Waals surface area (Å²) in [5.41, 5.74) is 6.25. The van der Waals surface area contributed by atoms with Crippen molar-refractivity contribution in [1.82, 2.24) is 15.3 Å². The molecule has 0 amide bonds. The number of ether oxygens (including phenoxy) is 1. The molecule has 1 aromatic heterocycles. The summed E-state index contributed by atoms with van der Waals surface area (Å²) in [6.07, 6.45) is -1.20. The fourth-order valence-corrected chi connectivity index (χ4v) is 2.89. The Bertz CT molecular complexity index is 512. The molecular weight excluding hydrogens is 238 g/mol. The van der Waals surface area contributed by atoms with E-state index in [-0.39, 0.29) is 12.0 Å². The summed E-state index contributed by atoms with van der Waals surface area (Å²) < 4.78 is 5.60. The molecule has 3 aliphatic rings. The fourth-order valence-electron chi connectivity index (χ4n) is 2.89. The molecule has 1 aromatic rings. The van der Waals surface area contributed by atoms with E-state index in [2.05, 4.69) is 15.3 Å². The van der Waals surface area contributed by atoms with E-state index in [1.807, 2.05) is 0 Å². The number of aliphatic hydroxyl groups is 2. The molecule has 8 heteroatoms. The van der Waals surface area contributed by atoms with E-state index in [9.17, 15) is 10.2 Å². The van der Waals surface area contributed by atoms with Gasteiger partial charge in [-0.2, -0.15) is 0 Å². The first-order valence-corrected chi connectivity index (χ1v) is 5.78. The van der Waals surface area contributed by atoms with Gasteiger partial charge in [-0.05, 0) is 0 Å².